The first-order valence-electron chi connectivity index (χ1n) is 4.46. The molecule has 0 fully saturated rings. The van der Waals surface area contributed by atoms with E-state index in [-0.39, 0.29) is 0 Å². The Hall–Kier alpha value is -0.690. The Kier molecular flexibility index (Phi) is 3.61. The Morgan fingerprint density at radius 2 is 2.08 bits per heavy atom. The normalized spacial score (nSPS) is 10.5. The molecule has 0 aliphatic rings. The zero-order valence-corrected chi connectivity index (χ0v) is 9.06. The number of halogens is 1. The third-order valence-corrected chi connectivity index (χ3v) is 2.11. The van der Waals surface area contributed by atoms with E-state index in [1.54, 1.807) is 7.11 Å². The molecule has 0 atom stereocenters. The molecule has 0 bridgehead atoms. The van der Waals surface area contributed by atoms with Crippen molar-refractivity contribution < 1.29 is 4.74 Å². The SMILES string of the molecule is COc1ccc(Cl)cc1CC(C)C. The van der Waals surface area contributed by atoms with Crippen LogP contribution in [0.4, 0.5) is 0 Å². The molecule has 0 N–H and O–H groups in total. The van der Waals surface area contributed by atoms with Gasteiger partial charge in [-0.25, -0.2) is 0 Å². The minimum atomic E-state index is 0.618. The van der Waals surface area contributed by atoms with Gasteiger partial charge in [0, 0.05) is 5.02 Å². The fraction of sp³-hybridized carbons (Fsp3) is 0.455. The van der Waals surface area contributed by atoms with Gasteiger partial charge in [0.2, 0.25) is 0 Å². The Morgan fingerprint density at radius 3 is 2.62 bits per heavy atom. The fourth-order valence-electron chi connectivity index (χ4n) is 1.35. The molecule has 0 spiro atoms. The summed E-state index contributed by atoms with van der Waals surface area (Å²) in [5, 5.41) is 0.774. The second-order valence-corrected chi connectivity index (χ2v) is 3.99. The van der Waals surface area contributed by atoms with Crippen LogP contribution in [0.3, 0.4) is 0 Å². The minimum Gasteiger partial charge on any atom is -0.496 e. The van der Waals surface area contributed by atoms with Crippen LogP contribution in [-0.2, 0) is 6.42 Å². The van der Waals surface area contributed by atoms with E-state index in [9.17, 15) is 0 Å². The van der Waals surface area contributed by atoms with Crippen LogP contribution in [0.25, 0.3) is 0 Å². The van der Waals surface area contributed by atoms with Gasteiger partial charge in [-0.15, -0.1) is 0 Å². The molecule has 0 saturated carbocycles. The summed E-state index contributed by atoms with van der Waals surface area (Å²) in [6, 6.07) is 5.74. The number of rotatable bonds is 3. The van der Waals surface area contributed by atoms with Crippen LogP contribution < -0.4 is 4.74 Å². The summed E-state index contributed by atoms with van der Waals surface area (Å²) in [7, 11) is 1.69. The molecule has 1 rings (SSSR count). The second-order valence-electron chi connectivity index (χ2n) is 3.55. The van der Waals surface area contributed by atoms with Gasteiger partial charge in [0.25, 0.3) is 0 Å². The van der Waals surface area contributed by atoms with E-state index in [2.05, 4.69) is 13.8 Å². The van der Waals surface area contributed by atoms with Crippen LogP contribution in [0.1, 0.15) is 19.4 Å². The van der Waals surface area contributed by atoms with Crippen molar-refractivity contribution in [1.29, 1.82) is 0 Å². The molecule has 0 heterocycles. The van der Waals surface area contributed by atoms with Crippen molar-refractivity contribution in [2.75, 3.05) is 7.11 Å². The van der Waals surface area contributed by atoms with Crippen molar-refractivity contribution in [3.8, 4) is 5.75 Å². The number of methoxy groups -OCH3 is 1. The quantitative estimate of drug-likeness (QED) is 0.722. The highest BCUT2D eigenvalue weighted by atomic mass is 35.5. The summed E-state index contributed by atoms with van der Waals surface area (Å²) in [5.74, 6) is 1.55. The molecule has 13 heavy (non-hydrogen) atoms. The van der Waals surface area contributed by atoms with Gasteiger partial charge in [0.1, 0.15) is 5.75 Å². The zero-order valence-electron chi connectivity index (χ0n) is 8.30. The lowest BCUT2D eigenvalue weighted by molar-refractivity contribution is 0.407. The van der Waals surface area contributed by atoms with Gasteiger partial charge in [-0.3, -0.25) is 0 Å². The first kappa shape index (κ1) is 10.4. The molecule has 0 radical (unpaired) electrons. The molecule has 1 aromatic carbocycles. The Labute approximate surface area is 84.7 Å². The second kappa shape index (κ2) is 4.52. The number of ether oxygens (including phenoxy) is 1. The molecule has 0 aliphatic carbocycles. The summed E-state index contributed by atoms with van der Waals surface area (Å²) >= 11 is 5.90. The van der Waals surface area contributed by atoms with Crippen molar-refractivity contribution in [1.82, 2.24) is 0 Å². The van der Waals surface area contributed by atoms with E-state index < -0.39 is 0 Å². The molecule has 0 unspecified atom stereocenters. The van der Waals surface area contributed by atoms with Crippen molar-refractivity contribution >= 4 is 11.6 Å². The molecule has 1 aromatic rings. The van der Waals surface area contributed by atoms with Gasteiger partial charge in [-0.2, -0.15) is 0 Å². The van der Waals surface area contributed by atoms with Gasteiger partial charge in [0.05, 0.1) is 7.11 Å². The van der Waals surface area contributed by atoms with Crippen LogP contribution >= 0.6 is 11.6 Å². The standard InChI is InChI=1S/C11H15ClO/c1-8(2)6-9-7-10(12)4-5-11(9)13-3/h4-5,7-8H,6H2,1-3H3. The lowest BCUT2D eigenvalue weighted by Crippen LogP contribution is -1.97. The van der Waals surface area contributed by atoms with Crippen LogP contribution in [-0.4, -0.2) is 7.11 Å². The predicted octanol–water partition coefficient (Wildman–Crippen LogP) is 3.55. The predicted molar refractivity (Wildman–Crippen MR) is 56.5 cm³/mol. The maximum Gasteiger partial charge on any atom is 0.122 e. The summed E-state index contributed by atoms with van der Waals surface area (Å²) in [6.07, 6.45) is 1.00. The first-order chi connectivity index (χ1) is 6.13. The van der Waals surface area contributed by atoms with E-state index in [0.717, 1.165) is 17.2 Å². The van der Waals surface area contributed by atoms with Crippen LogP contribution in [0, 0.1) is 5.92 Å². The number of benzene rings is 1. The average Bonchev–Trinajstić information content (AvgIpc) is 2.03. The molecular formula is C11H15ClO. The highest BCUT2D eigenvalue weighted by Gasteiger charge is 2.05. The van der Waals surface area contributed by atoms with Crippen LogP contribution in [0.5, 0.6) is 5.75 Å². The molecular weight excluding hydrogens is 184 g/mol. The Bertz CT molecular complexity index is 281. The smallest absolute Gasteiger partial charge is 0.122 e. The lowest BCUT2D eigenvalue weighted by Gasteiger charge is -2.10. The molecule has 1 nitrogen and oxygen atoms in total. The summed E-state index contributed by atoms with van der Waals surface area (Å²) in [6.45, 7) is 4.36. The molecule has 0 aliphatic heterocycles. The molecule has 2 heteroatoms. The topological polar surface area (TPSA) is 9.23 Å². The number of hydrogen-bond donors (Lipinski definition) is 0. The highest BCUT2D eigenvalue weighted by Crippen LogP contribution is 2.24. The largest absolute Gasteiger partial charge is 0.496 e. The summed E-state index contributed by atoms with van der Waals surface area (Å²) in [5.41, 5.74) is 1.19. The Morgan fingerprint density at radius 1 is 1.38 bits per heavy atom. The van der Waals surface area contributed by atoms with Crippen molar-refractivity contribution in [3.05, 3.63) is 28.8 Å². The molecule has 72 valence electrons. The molecule has 0 amide bonds. The van der Waals surface area contributed by atoms with Gasteiger partial charge in [-0.05, 0) is 36.1 Å². The summed E-state index contributed by atoms with van der Waals surface area (Å²) < 4.78 is 5.24. The maximum atomic E-state index is 5.90. The van der Waals surface area contributed by atoms with E-state index >= 15 is 0 Å². The first-order valence-corrected chi connectivity index (χ1v) is 4.83. The average molecular weight is 199 g/mol. The van der Waals surface area contributed by atoms with Crippen molar-refractivity contribution in [2.45, 2.75) is 20.3 Å². The maximum absolute atomic E-state index is 5.90. The van der Waals surface area contributed by atoms with E-state index in [4.69, 9.17) is 16.3 Å². The number of hydrogen-bond acceptors (Lipinski definition) is 1. The van der Waals surface area contributed by atoms with E-state index in [1.165, 1.54) is 5.56 Å². The third kappa shape index (κ3) is 2.92. The monoisotopic (exact) mass is 198 g/mol. The van der Waals surface area contributed by atoms with Crippen molar-refractivity contribution in [3.63, 3.8) is 0 Å². The van der Waals surface area contributed by atoms with Crippen LogP contribution in [0.15, 0.2) is 18.2 Å². The van der Waals surface area contributed by atoms with Gasteiger partial charge in [-0.1, -0.05) is 25.4 Å². The third-order valence-electron chi connectivity index (χ3n) is 1.87. The fourth-order valence-corrected chi connectivity index (χ4v) is 1.54. The van der Waals surface area contributed by atoms with Gasteiger partial charge < -0.3 is 4.74 Å². The van der Waals surface area contributed by atoms with Gasteiger partial charge >= 0.3 is 0 Å². The minimum absolute atomic E-state index is 0.618. The summed E-state index contributed by atoms with van der Waals surface area (Å²) in [4.78, 5) is 0. The highest BCUT2D eigenvalue weighted by molar-refractivity contribution is 6.30. The van der Waals surface area contributed by atoms with Crippen molar-refractivity contribution in [2.24, 2.45) is 5.92 Å². The van der Waals surface area contributed by atoms with E-state index in [0.29, 0.717) is 5.92 Å². The zero-order chi connectivity index (χ0) is 9.84. The van der Waals surface area contributed by atoms with Crippen LogP contribution in [0.2, 0.25) is 5.02 Å². The van der Waals surface area contributed by atoms with E-state index in [1.807, 2.05) is 18.2 Å². The Balaban J connectivity index is 2.94. The van der Waals surface area contributed by atoms with Gasteiger partial charge in [0.15, 0.2) is 0 Å². The lowest BCUT2D eigenvalue weighted by atomic mass is 10.0. The molecule has 0 aromatic heterocycles. The molecule has 0 saturated heterocycles.